The van der Waals surface area contributed by atoms with Crippen molar-refractivity contribution in [1.82, 2.24) is 25.3 Å². The number of nitrogens with zero attached hydrogens (tertiary/aromatic N) is 3. The molecule has 2 N–H and O–H groups in total. The van der Waals surface area contributed by atoms with Gasteiger partial charge in [0.15, 0.2) is 0 Å². The van der Waals surface area contributed by atoms with Crippen molar-refractivity contribution in [3.05, 3.63) is 17.0 Å². The van der Waals surface area contributed by atoms with E-state index in [0.717, 1.165) is 42.9 Å². The second-order valence-corrected chi connectivity index (χ2v) is 8.52. The average molecular weight is 376 g/mol. The minimum absolute atomic E-state index is 0.0118. The summed E-state index contributed by atoms with van der Waals surface area (Å²) in [6.45, 7) is 12.3. The van der Waals surface area contributed by atoms with Crippen LogP contribution >= 0.6 is 0 Å². The highest BCUT2D eigenvalue weighted by Crippen LogP contribution is 2.26. The van der Waals surface area contributed by atoms with E-state index in [4.69, 9.17) is 0 Å². The molecule has 1 fully saturated rings. The van der Waals surface area contributed by atoms with Crippen molar-refractivity contribution >= 4 is 11.8 Å². The molecule has 2 aliphatic heterocycles. The van der Waals surface area contributed by atoms with Gasteiger partial charge in [0, 0.05) is 43.9 Å². The van der Waals surface area contributed by atoms with Gasteiger partial charge in [-0.3, -0.25) is 19.6 Å². The van der Waals surface area contributed by atoms with Crippen molar-refractivity contribution in [1.29, 1.82) is 0 Å². The summed E-state index contributed by atoms with van der Waals surface area (Å²) in [5, 5.41) is 10.5. The minimum atomic E-state index is -0.347. The Labute approximate surface area is 161 Å². The third-order valence-electron chi connectivity index (χ3n) is 5.67. The molecular weight excluding hydrogens is 342 g/mol. The van der Waals surface area contributed by atoms with Gasteiger partial charge in [-0.1, -0.05) is 27.7 Å². The molecule has 0 aromatic carbocycles. The normalized spacial score (nSPS) is 20.9. The van der Waals surface area contributed by atoms with Crippen molar-refractivity contribution in [3.63, 3.8) is 0 Å². The molecule has 0 bridgehead atoms. The number of amides is 2. The molecule has 0 saturated carbocycles. The van der Waals surface area contributed by atoms with Gasteiger partial charge in [0.25, 0.3) is 0 Å². The molecule has 1 aromatic heterocycles. The van der Waals surface area contributed by atoms with Gasteiger partial charge in [-0.15, -0.1) is 0 Å². The summed E-state index contributed by atoms with van der Waals surface area (Å²) < 4.78 is 0. The molecule has 0 aliphatic carbocycles. The molecule has 1 saturated heterocycles. The van der Waals surface area contributed by atoms with E-state index >= 15 is 0 Å². The fourth-order valence-electron chi connectivity index (χ4n) is 3.98. The number of nitrogens with one attached hydrogen (secondary N) is 2. The average Bonchev–Trinajstić information content (AvgIpc) is 3.05. The van der Waals surface area contributed by atoms with Gasteiger partial charge in [-0.2, -0.15) is 5.10 Å². The molecule has 7 nitrogen and oxygen atoms in total. The van der Waals surface area contributed by atoms with E-state index in [1.165, 1.54) is 0 Å². The monoisotopic (exact) mass is 375 g/mol. The van der Waals surface area contributed by atoms with Crippen LogP contribution in [0.25, 0.3) is 0 Å². The van der Waals surface area contributed by atoms with E-state index in [0.29, 0.717) is 31.5 Å². The second-order valence-electron chi connectivity index (χ2n) is 8.52. The van der Waals surface area contributed by atoms with Crippen molar-refractivity contribution in [2.24, 2.45) is 5.92 Å². The summed E-state index contributed by atoms with van der Waals surface area (Å²) in [4.78, 5) is 29.5. The van der Waals surface area contributed by atoms with E-state index < -0.39 is 0 Å². The van der Waals surface area contributed by atoms with Gasteiger partial charge in [0.05, 0.1) is 18.2 Å². The molecule has 2 aliphatic rings. The molecule has 7 heteroatoms. The highest BCUT2D eigenvalue weighted by molar-refractivity contribution is 5.89. The van der Waals surface area contributed by atoms with Crippen molar-refractivity contribution in [2.75, 3.05) is 26.2 Å². The van der Waals surface area contributed by atoms with E-state index in [2.05, 4.69) is 48.1 Å². The predicted octanol–water partition coefficient (Wildman–Crippen LogP) is 1.65. The van der Waals surface area contributed by atoms with Crippen LogP contribution in [0.4, 0.5) is 0 Å². The third kappa shape index (κ3) is 4.51. The Morgan fingerprint density at radius 1 is 1.26 bits per heavy atom. The van der Waals surface area contributed by atoms with Crippen LogP contribution in [0.15, 0.2) is 0 Å². The molecule has 27 heavy (non-hydrogen) atoms. The number of hydrogen-bond donors (Lipinski definition) is 2. The van der Waals surface area contributed by atoms with E-state index in [-0.39, 0.29) is 24.3 Å². The summed E-state index contributed by atoms with van der Waals surface area (Å²) in [6.07, 6.45) is 2.10. The molecule has 2 amide bonds. The summed E-state index contributed by atoms with van der Waals surface area (Å²) in [5.41, 5.74) is 3.36. The fraction of sp³-hybridized carbons (Fsp3) is 0.750. The summed E-state index contributed by atoms with van der Waals surface area (Å²) >= 11 is 0. The summed E-state index contributed by atoms with van der Waals surface area (Å²) in [5.74, 6) is 0.966. The largest absolute Gasteiger partial charge is 0.353 e. The lowest BCUT2D eigenvalue weighted by Gasteiger charge is -2.36. The maximum absolute atomic E-state index is 13.0. The maximum Gasteiger partial charge on any atom is 0.237 e. The standard InChI is InChI=1S/C20H33N5O2/c1-13(2)5-8-24-10-7-21-20(27)17(24)11-18(26)25-9-6-16-15(12-25)19(14(3)4)23-22-16/h13-14,17H,5-12H2,1-4H3,(H,21,27)(H,22,23)/t17-/m0/s1. The predicted molar refractivity (Wildman–Crippen MR) is 104 cm³/mol. The lowest BCUT2D eigenvalue weighted by atomic mass is 9.98. The van der Waals surface area contributed by atoms with Gasteiger partial charge in [-0.05, 0) is 24.8 Å². The molecule has 1 atom stereocenters. The maximum atomic E-state index is 13.0. The molecule has 1 aromatic rings. The number of aromatic amines is 1. The van der Waals surface area contributed by atoms with Crippen molar-refractivity contribution in [2.45, 2.75) is 65.5 Å². The van der Waals surface area contributed by atoms with Crippen LogP contribution in [0, 0.1) is 5.92 Å². The number of rotatable bonds is 6. The number of hydrogen-bond acceptors (Lipinski definition) is 4. The van der Waals surface area contributed by atoms with E-state index in [1.807, 2.05) is 4.90 Å². The number of H-pyrrole nitrogens is 1. The zero-order valence-corrected chi connectivity index (χ0v) is 17.0. The molecule has 0 unspecified atom stereocenters. The number of fused-ring (bicyclic) bond motifs is 1. The number of aromatic nitrogens is 2. The zero-order valence-electron chi connectivity index (χ0n) is 17.0. The lowest BCUT2D eigenvalue weighted by Crippen LogP contribution is -2.57. The SMILES string of the molecule is CC(C)CCN1CCNC(=O)[C@@H]1CC(=O)N1CCc2[nH]nc(C(C)C)c2C1. The Hall–Kier alpha value is -1.89. The Bertz CT molecular complexity index is 682. The van der Waals surface area contributed by atoms with Crippen LogP contribution in [-0.4, -0.2) is 64.0 Å². The van der Waals surface area contributed by atoms with E-state index in [9.17, 15) is 9.59 Å². The first-order valence-corrected chi connectivity index (χ1v) is 10.2. The smallest absolute Gasteiger partial charge is 0.237 e. The van der Waals surface area contributed by atoms with Crippen molar-refractivity contribution in [3.8, 4) is 0 Å². The summed E-state index contributed by atoms with van der Waals surface area (Å²) in [6, 6.07) is -0.347. The van der Waals surface area contributed by atoms with Crippen LogP contribution in [0.1, 0.15) is 63.4 Å². The fourth-order valence-corrected chi connectivity index (χ4v) is 3.98. The Kier molecular flexibility index (Phi) is 6.19. The quantitative estimate of drug-likeness (QED) is 0.792. The molecule has 3 rings (SSSR count). The van der Waals surface area contributed by atoms with E-state index in [1.54, 1.807) is 0 Å². The van der Waals surface area contributed by atoms with Crippen molar-refractivity contribution < 1.29 is 9.59 Å². The first kappa shape index (κ1) is 19.9. The zero-order chi connectivity index (χ0) is 19.6. The molecule has 0 spiro atoms. The first-order valence-electron chi connectivity index (χ1n) is 10.2. The summed E-state index contributed by atoms with van der Waals surface area (Å²) in [7, 11) is 0. The van der Waals surface area contributed by atoms with Gasteiger partial charge in [0.1, 0.15) is 0 Å². The molecule has 0 radical (unpaired) electrons. The van der Waals surface area contributed by atoms with Gasteiger partial charge < -0.3 is 10.2 Å². The van der Waals surface area contributed by atoms with Gasteiger partial charge in [-0.25, -0.2) is 0 Å². The van der Waals surface area contributed by atoms with Gasteiger partial charge in [0.2, 0.25) is 11.8 Å². The molecular formula is C20H33N5O2. The number of carbonyl (C=O) groups excluding carboxylic acids is 2. The highest BCUT2D eigenvalue weighted by atomic mass is 16.2. The number of piperazine rings is 1. The Morgan fingerprint density at radius 3 is 2.74 bits per heavy atom. The number of carbonyl (C=O) groups is 2. The molecule has 3 heterocycles. The molecule has 150 valence electrons. The third-order valence-corrected chi connectivity index (χ3v) is 5.67. The van der Waals surface area contributed by atoms with Crippen LogP contribution in [0.5, 0.6) is 0 Å². The minimum Gasteiger partial charge on any atom is -0.353 e. The second kappa shape index (κ2) is 8.42. The Morgan fingerprint density at radius 2 is 2.04 bits per heavy atom. The Balaban J connectivity index is 1.66. The van der Waals surface area contributed by atoms with Crippen LogP contribution in [0.2, 0.25) is 0 Å². The first-order chi connectivity index (χ1) is 12.9. The van der Waals surface area contributed by atoms with Crippen LogP contribution in [0.3, 0.4) is 0 Å². The van der Waals surface area contributed by atoms with Gasteiger partial charge >= 0.3 is 0 Å². The van der Waals surface area contributed by atoms with Crippen LogP contribution in [-0.2, 0) is 22.6 Å². The van der Waals surface area contributed by atoms with Crippen LogP contribution < -0.4 is 5.32 Å². The lowest BCUT2D eigenvalue weighted by molar-refractivity contribution is -0.139. The highest BCUT2D eigenvalue weighted by Gasteiger charge is 2.34. The topological polar surface area (TPSA) is 81.3 Å².